The van der Waals surface area contributed by atoms with Crippen molar-refractivity contribution in [3.05, 3.63) is 54.7 Å². The number of likely N-dealkylation sites (tertiary alicyclic amines) is 1. The van der Waals surface area contributed by atoms with Crippen LogP contribution in [0.15, 0.2) is 54.7 Å². The largest absolute Gasteiger partial charge is 0.491 e. The molecule has 2 aromatic carbocycles. The van der Waals surface area contributed by atoms with E-state index in [9.17, 15) is 5.11 Å². The zero-order chi connectivity index (χ0) is 21.6. The molecule has 0 bridgehead atoms. The third-order valence-corrected chi connectivity index (χ3v) is 5.77. The highest BCUT2D eigenvalue weighted by molar-refractivity contribution is 5.89. The van der Waals surface area contributed by atoms with Gasteiger partial charge in [0.2, 0.25) is 5.88 Å². The van der Waals surface area contributed by atoms with Crippen LogP contribution in [-0.4, -0.2) is 54.4 Å². The van der Waals surface area contributed by atoms with E-state index < -0.39 is 6.10 Å². The van der Waals surface area contributed by atoms with Crippen LogP contribution in [-0.2, 0) is 0 Å². The first-order valence-corrected chi connectivity index (χ1v) is 10.6. The van der Waals surface area contributed by atoms with Crippen molar-refractivity contribution < 1.29 is 14.6 Å². The van der Waals surface area contributed by atoms with Crippen LogP contribution < -0.4 is 9.47 Å². The van der Waals surface area contributed by atoms with E-state index in [2.05, 4.69) is 34.2 Å². The Hall–Kier alpha value is -3.14. The molecule has 0 radical (unpaired) electrons. The molecule has 6 heteroatoms. The number of piperidine rings is 1. The van der Waals surface area contributed by atoms with Crippen LogP contribution >= 0.6 is 0 Å². The molecule has 1 saturated heterocycles. The maximum absolute atomic E-state index is 10.4. The SMILES string of the molecule is COc1ncccc1-c1ccc2ccc(OCC(O)CN3CCC(C#N)CC3)cc2c1. The summed E-state index contributed by atoms with van der Waals surface area (Å²) in [4.78, 5) is 6.49. The lowest BCUT2D eigenvalue weighted by Crippen LogP contribution is -2.40. The summed E-state index contributed by atoms with van der Waals surface area (Å²) in [5, 5.41) is 21.6. The number of aliphatic hydroxyl groups is 1. The molecule has 0 saturated carbocycles. The lowest BCUT2D eigenvalue weighted by molar-refractivity contribution is 0.0583. The molecule has 31 heavy (non-hydrogen) atoms. The van der Waals surface area contributed by atoms with Gasteiger partial charge in [0.15, 0.2) is 0 Å². The Morgan fingerprint density at radius 1 is 1.16 bits per heavy atom. The number of aromatic nitrogens is 1. The van der Waals surface area contributed by atoms with Crippen LogP contribution in [0.25, 0.3) is 21.9 Å². The van der Waals surface area contributed by atoms with Gasteiger partial charge in [-0.05, 0) is 72.6 Å². The van der Waals surface area contributed by atoms with E-state index in [0.717, 1.165) is 53.6 Å². The Kier molecular flexibility index (Phi) is 6.66. The molecule has 2 heterocycles. The van der Waals surface area contributed by atoms with Crippen molar-refractivity contribution in [2.75, 3.05) is 33.4 Å². The second-order valence-corrected chi connectivity index (χ2v) is 7.95. The molecular formula is C25H27N3O3. The first kappa shape index (κ1) is 21.1. The number of methoxy groups -OCH3 is 1. The average molecular weight is 418 g/mol. The molecule has 1 atom stereocenters. The number of rotatable bonds is 7. The van der Waals surface area contributed by atoms with Crippen molar-refractivity contribution in [1.82, 2.24) is 9.88 Å². The first-order valence-electron chi connectivity index (χ1n) is 10.6. The number of aliphatic hydroxyl groups excluding tert-OH is 1. The predicted octanol–water partition coefficient (Wildman–Crippen LogP) is 3.89. The number of ether oxygens (including phenoxy) is 2. The number of nitriles is 1. The Morgan fingerprint density at radius 2 is 1.97 bits per heavy atom. The van der Waals surface area contributed by atoms with Crippen LogP contribution in [0.2, 0.25) is 0 Å². The van der Waals surface area contributed by atoms with Crippen molar-refractivity contribution in [2.24, 2.45) is 5.92 Å². The third-order valence-electron chi connectivity index (χ3n) is 5.77. The van der Waals surface area contributed by atoms with Crippen molar-refractivity contribution >= 4 is 10.8 Å². The number of benzene rings is 2. The summed E-state index contributed by atoms with van der Waals surface area (Å²) in [5.74, 6) is 1.47. The summed E-state index contributed by atoms with van der Waals surface area (Å²) in [6.45, 7) is 2.51. The lowest BCUT2D eigenvalue weighted by atomic mass is 9.98. The highest BCUT2D eigenvalue weighted by Gasteiger charge is 2.20. The zero-order valence-electron chi connectivity index (χ0n) is 17.7. The van der Waals surface area contributed by atoms with Gasteiger partial charge < -0.3 is 19.5 Å². The number of pyridine rings is 1. The molecule has 0 spiro atoms. The second-order valence-electron chi connectivity index (χ2n) is 7.95. The van der Waals surface area contributed by atoms with E-state index in [-0.39, 0.29) is 12.5 Å². The Bertz CT molecular complexity index is 1070. The minimum atomic E-state index is -0.569. The van der Waals surface area contributed by atoms with E-state index >= 15 is 0 Å². The maximum atomic E-state index is 10.4. The minimum absolute atomic E-state index is 0.152. The van der Waals surface area contributed by atoms with E-state index in [1.807, 2.05) is 30.3 Å². The van der Waals surface area contributed by atoms with E-state index in [0.29, 0.717) is 12.4 Å². The summed E-state index contributed by atoms with van der Waals surface area (Å²) in [6.07, 6.45) is 2.89. The summed E-state index contributed by atoms with van der Waals surface area (Å²) < 4.78 is 11.3. The Labute approximate surface area is 182 Å². The fourth-order valence-corrected chi connectivity index (χ4v) is 4.04. The highest BCUT2D eigenvalue weighted by atomic mass is 16.5. The molecule has 3 aromatic rings. The lowest BCUT2D eigenvalue weighted by Gasteiger charge is -2.30. The first-order chi connectivity index (χ1) is 15.2. The van der Waals surface area contributed by atoms with E-state index in [4.69, 9.17) is 14.7 Å². The van der Waals surface area contributed by atoms with Crippen LogP contribution in [0.1, 0.15) is 12.8 Å². The van der Waals surface area contributed by atoms with Crippen LogP contribution in [0, 0.1) is 17.2 Å². The van der Waals surface area contributed by atoms with Gasteiger partial charge in [0, 0.05) is 24.2 Å². The topological polar surface area (TPSA) is 78.6 Å². The van der Waals surface area contributed by atoms with Gasteiger partial charge in [-0.3, -0.25) is 0 Å². The van der Waals surface area contributed by atoms with Gasteiger partial charge in [-0.15, -0.1) is 0 Å². The van der Waals surface area contributed by atoms with Crippen LogP contribution in [0.4, 0.5) is 0 Å². The van der Waals surface area contributed by atoms with Gasteiger partial charge in [0.05, 0.1) is 13.2 Å². The van der Waals surface area contributed by atoms with Crippen molar-refractivity contribution in [1.29, 1.82) is 5.26 Å². The number of nitrogens with zero attached hydrogens (tertiary/aromatic N) is 3. The van der Waals surface area contributed by atoms with E-state index in [1.54, 1.807) is 13.3 Å². The summed E-state index contributed by atoms with van der Waals surface area (Å²) in [6, 6.07) is 18.4. The summed E-state index contributed by atoms with van der Waals surface area (Å²) in [7, 11) is 1.62. The second kappa shape index (κ2) is 9.78. The fourth-order valence-electron chi connectivity index (χ4n) is 4.04. The van der Waals surface area contributed by atoms with Gasteiger partial charge in [-0.1, -0.05) is 18.2 Å². The molecular weight excluding hydrogens is 390 g/mol. The standard InChI is InChI=1S/C25H27N3O3/c1-30-25-24(3-2-10-27-25)20-5-4-19-6-7-23(14-21(19)13-20)31-17-22(29)16-28-11-8-18(15-26)9-12-28/h2-7,10,13-14,18,22,29H,8-9,11-12,16-17H2,1H3. The van der Waals surface area contributed by atoms with Crippen LogP contribution in [0.5, 0.6) is 11.6 Å². The number of β-amino-alcohol motifs (C(OH)–C–C–N with tert-alkyl or cyclic N) is 1. The molecule has 0 aliphatic carbocycles. The van der Waals surface area contributed by atoms with Gasteiger partial charge >= 0.3 is 0 Å². The Morgan fingerprint density at radius 3 is 2.74 bits per heavy atom. The molecule has 1 aliphatic rings. The van der Waals surface area contributed by atoms with Crippen molar-refractivity contribution in [3.63, 3.8) is 0 Å². The van der Waals surface area contributed by atoms with Gasteiger partial charge in [0.1, 0.15) is 18.5 Å². The normalized spacial score (nSPS) is 16.0. The minimum Gasteiger partial charge on any atom is -0.491 e. The van der Waals surface area contributed by atoms with Gasteiger partial charge in [-0.25, -0.2) is 4.98 Å². The number of fused-ring (bicyclic) bond motifs is 1. The number of hydrogen-bond acceptors (Lipinski definition) is 6. The van der Waals surface area contributed by atoms with Crippen LogP contribution in [0.3, 0.4) is 0 Å². The molecule has 1 N–H and O–H groups in total. The molecule has 1 aromatic heterocycles. The maximum Gasteiger partial charge on any atom is 0.221 e. The fraction of sp³-hybridized carbons (Fsp3) is 0.360. The quantitative estimate of drug-likeness (QED) is 0.628. The zero-order valence-corrected chi connectivity index (χ0v) is 17.7. The number of hydrogen-bond donors (Lipinski definition) is 1. The molecule has 160 valence electrons. The van der Waals surface area contributed by atoms with Crippen molar-refractivity contribution in [2.45, 2.75) is 18.9 Å². The van der Waals surface area contributed by atoms with Gasteiger partial charge in [-0.2, -0.15) is 5.26 Å². The summed E-state index contributed by atoms with van der Waals surface area (Å²) in [5.41, 5.74) is 1.96. The monoisotopic (exact) mass is 417 g/mol. The molecule has 1 aliphatic heterocycles. The Balaban J connectivity index is 1.41. The molecule has 1 fully saturated rings. The average Bonchev–Trinajstić information content (AvgIpc) is 2.82. The molecule has 1 unspecified atom stereocenters. The smallest absolute Gasteiger partial charge is 0.221 e. The van der Waals surface area contributed by atoms with E-state index in [1.165, 1.54) is 0 Å². The van der Waals surface area contributed by atoms with Gasteiger partial charge in [0.25, 0.3) is 0 Å². The highest BCUT2D eigenvalue weighted by Crippen LogP contribution is 2.31. The third kappa shape index (κ3) is 5.13. The molecule has 6 nitrogen and oxygen atoms in total. The molecule has 4 rings (SSSR count). The predicted molar refractivity (Wildman–Crippen MR) is 120 cm³/mol. The van der Waals surface area contributed by atoms with Crippen molar-refractivity contribution in [3.8, 4) is 28.8 Å². The molecule has 0 amide bonds. The summed E-state index contributed by atoms with van der Waals surface area (Å²) >= 11 is 0.